The Bertz CT molecular complexity index is 1080. The molecule has 0 radical (unpaired) electrons. The zero-order valence-electron chi connectivity index (χ0n) is 27.0. The van der Waals surface area contributed by atoms with Gasteiger partial charge in [0.05, 0.1) is 19.4 Å². The summed E-state index contributed by atoms with van der Waals surface area (Å²) < 4.78 is 24.3. The summed E-state index contributed by atoms with van der Waals surface area (Å²) in [5, 5.41) is 0. The lowest BCUT2D eigenvalue weighted by atomic mass is 10.1. The molecule has 234 valence electrons. The molecule has 0 saturated carbocycles. The van der Waals surface area contributed by atoms with E-state index >= 15 is 0 Å². The number of aliphatic imine (C=N–C) groups is 1. The van der Waals surface area contributed by atoms with Crippen molar-refractivity contribution in [1.29, 1.82) is 0 Å². The second-order valence-corrected chi connectivity index (χ2v) is 10.8. The number of unbranched alkanes of at least 4 members (excludes halogenated alkanes) is 1. The van der Waals surface area contributed by atoms with E-state index in [0.29, 0.717) is 19.8 Å². The van der Waals surface area contributed by atoms with Crippen LogP contribution in [-0.4, -0.2) is 95.8 Å². The molecule has 3 rings (SSSR count). The Morgan fingerprint density at radius 3 is 2.26 bits per heavy atom. The number of likely N-dealkylation sites (N-methyl/N-ethyl adjacent to an activating group) is 1. The number of methoxy groups -OCH3 is 1. The van der Waals surface area contributed by atoms with E-state index < -0.39 is 0 Å². The Balaban J connectivity index is 1.93. The van der Waals surface area contributed by atoms with Gasteiger partial charge in [-0.3, -0.25) is 9.89 Å². The van der Waals surface area contributed by atoms with Gasteiger partial charge < -0.3 is 28.7 Å². The fourth-order valence-corrected chi connectivity index (χ4v) is 5.04. The van der Waals surface area contributed by atoms with E-state index in [9.17, 15) is 0 Å². The van der Waals surface area contributed by atoms with E-state index in [2.05, 4.69) is 55.5 Å². The van der Waals surface area contributed by atoms with Crippen LogP contribution >= 0.6 is 0 Å². The summed E-state index contributed by atoms with van der Waals surface area (Å²) in [5.74, 6) is 3.07. The molecule has 0 bridgehead atoms. The lowest BCUT2D eigenvalue weighted by Crippen LogP contribution is -2.28. The summed E-state index contributed by atoms with van der Waals surface area (Å²) >= 11 is 0. The van der Waals surface area contributed by atoms with E-state index in [1.165, 1.54) is 25.9 Å². The molecule has 0 N–H and O–H groups in total. The molecule has 0 atom stereocenters. The van der Waals surface area contributed by atoms with Gasteiger partial charge in [0.2, 0.25) is 0 Å². The van der Waals surface area contributed by atoms with Crippen molar-refractivity contribution < 1.29 is 18.9 Å². The van der Waals surface area contributed by atoms with Gasteiger partial charge in [-0.25, -0.2) is 0 Å². The van der Waals surface area contributed by atoms with Gasteiger partial charge in [0.25, 0.3) is 0 Å². The lowest BCUT2D eigenvalue weighted by Gasteiger charge is -2.24. The maximum Gasteiger partial charge on any atom is 0.150 e. The smallest absolute Gasteiger partial charge is 0.150 e. The van der Waals surface area contributed by atoms with Crippen LogP contribution in [0.25, 0.3) is 0 Å². The Kier molecular flexibility index (Phi) is 14.8. The Hall–Kier alpha value is -2.97. The quantitative estimate of drug-likeness (QED) is 0.162. The second-order valence-electron chi connectivity index (χ2n) is 10.8. The van der Waals surface area contributed by atoms with Gasteiger partial charge in [0.15, 0.2) is 5.75 Å². The highest BCUT2D eigenvalue weighted by molar-refractivity contribution is 5.89. The van der Waals surface area contributed by atoms with Gasteiger partial charge in [-0.1, -0.05) is 34.1 Å². The highest BCUT2D eigenvalue weighted by Gasteiger charge is 2.18. The van der Waals surface area contributed by atoms with E-state index in [0.717, 1.165) is 91.9 Å². The van der Waals surface area contributed by atoms with Crippen molar-refractivity contribution in [2.75, 3.05) is 84.7 Å². The van der Waals surface area contributed by atoms with Crippen molar-refractivity contribution in [3.63, 3.8) is 0 Å². The van der Waals surface area contributed by atoms with Crippen LogP contribution < -0.4 is 23.8 Å². The van der Waals surface area contributed by atoms with Crippen LogP contribution in [-0.2, 0) is 0 Å². The summed E-state index contributed by atoms with van der Waals surface area (Å²) in [6.45, 7) is 17.6. The average Bonchev–Trinajstić information content (AvgIpc) is 3.54. The molecule has 1 saturated heterocycles. The van der Waals surface area contributed by atoms with Gasteiger partial charge in [-0.15, -0.1) is 0 Å². The highest BCUT2D eigenvalue weighted by Crippen LogP contribution is 2.42. The number of ether oxygens (including phenoxy) is 4. The van der Waals surface area contributed by atoms with Crippen LogP contribution in [0, 0.1) is 0 Å². The summed E-state index contributed by atoms with van der Waals surface area (Å²) in [5.41, 5.74) is 2.70. The fourth-order valence-electron chi connectivity index (χ4n) is 5.04. The Morgan fingerprint density at radius 2 is 1.57 bits per heavy atom. The molecule has 2 aromatic carbocycles. The van der Waals surface area contributed by atoms with Gasteiger partial charge >= 0.3 is 0 Å². The van der Waals surface area contributed by atoms with Crippen molar-refractivity contribution in [1.82, 2.24) is 9.80 Å². The van der Waals surface area contributed by atoms with Crippen molar-refractivity contribution in [2.45, 2.75) is 59.8 Å². The molecule has 8 heteroatoms. The van der Waals surface area contributed by atoms with E-state index in [4.69, 9.17) is 23.9 Å². The molecule has 1 heterocycles. The third kappa shape index (κ3) is 10.4. The normalized spacial score (nSPS) is 13.7. The molecule has 1 fully saturated rings. The molecule has 2 aromatic rings. The van der Waals surface area contributed by atoms with Crippen molar-refractivity contribution in [3.05, 3.63) is 35.9 Å². The maximum absolute atomic E-state index is 6.29. The van der Waals surface area contributed by atoms with Crippen LogP contribution in [0.4, 0.5) is 11.4 Å². The van der Waals surface area contributed by atoms with Crippen molar-refractivity contribution >= 4 is 17.6 Å². The number of nitrogens with zero attached hydrogens (tertiary/aromatic N) is 4. The van der Waals surface area contributed by atoms with Crippen LogP contribution in [0.3, 0.4) is 0 Å². The number of hydrogen-bond donors (Lipinski definition) is 0. The molecule has 0 aromatic heterocycles. The number of likely N-dealkylation sites (tertiary alicyclic amines) is 1. The number of benzene rings is 2. The number of rotatable bonds is 20. The summed E-state index contributed by atoms with van der Waals surface area (Å²) in [6.07, 6.45) is 7.57. The molecule has 1 aliphatic heterocycles. The third-order valence-electron chi connectivity index (χ3n) is 7.74. The SMILES string of the molecule is CCCCN(C)c1cc(OCCN2CCCC2)cc(OCCC)c1N=Cc1ccc(OC)cc1OCCN(CC)CC. The van der Waals surface area contributed by atoms with E-state index in [-0.39, 0.29) is 0 Å². The zero-order valence-corrected chi connectivity index (χ0v) is 27.0. The Morgan fingerprint density at radius 1 is 0.833 bits per heavy atom. The standard InChI is InChI=1S/C34H54N4O4/c1-7-11-16-36(5)31-24-30(40-22-20-38-17-12-13-18-38)26-33(41-21-8-2)34(31)35-27-28-14-15-29(39-6)25-32(28)42-23-19-37(9-3)10-4/h14-15,24-27H,7-13,16-23H2,1-6H3. The molecular formula is C34H54N4O4. The first-order chi connectivity index (χ1) is 20.5. The predicted octanol–water partition coefficient (Wildman–Crippen LogP) is 6.67. The maximum atomic E-state index is 6.29. The second kappa shape index (κ2) is 18.5. The minimum absolute atomic E-state index is 0.592. The van der Waals surface area contributed by atoms with Crippen molar-refractivity contribution in [2.24, 2.45) is 4.99 Å². The fraction of sp³-hybridized carbons (Fsp3) is 0.618. The highest BCUT2D eigenvalue weighted by atomic mass is 16.5. The molecule has 8 nitrogen and oxygen atoms in total. The number of anilines is 1. The first-order valence-electron chi connectivity index (χ1n) is 16.0. The minimum Gasteiger partial charge on any atom is -0.497 e. The van der Waals surface area contributed by atoms with E-state index in [1.54, 1.807) is 7.11 Å². The minimum atomic E-state index is 0.592. The predicted molar refractivity (Wildman–Crippen MR) is 175 cm³/mol. The van der Waals surface area contributed by atoms with Gasteiger partial charge in [0.1, 0.15) is 36.1 Å². The zero-order chi connectivity index (χ0) is 30.2. The topological polar surface area (TPSA) is 59.0 Å². The molecule has 1 aliphatic rings. The molecule has 0 aliphatic carbocycles. The number of hydrogen-bond acceptors (Lipinski definition) is 8. The Labute approximate surface area is 254 Å². The molecule has 0 spiro atoms. The van der Waals surface area contributed by atoms with Crippen LogP contribution in [0.15, 0.2) is 35.3 Å². The van der Waals surface area contributed by atoms with Gasteiger partial charge in [-0.2, -0.15) is 0 Å². The largest absolute Gasteiger partial charge is 0.497 e. The van der Waals surface area contributed by atoms with E-state index in [1.807, 2.05) is 30.5 Å². The summed E-state index contributed by atoms with van der Waals surface area (Å²) in [6, 6.07) is 9.99. The van der Waals surface area contributed by atoms with Crippen LogP contribution in [0.2, 0.25) is 0 Å². The van der Waals surface area contributed by atoms with Crippen LogP contribution in [0.5, 0.6) is 23.0 Å². The molecule has 0 unspecified atom stereocenters. The molecular weight excluding hydrogens is 528 g/mol. The lowest BCUT2D eigenvalue weighted by molar-refractivity contribution is 0.222. The third-order valence-corrected chi connectivity index (χ3v) is 7.74. The molecule has 42 heavy (non-hydrogen) atoms. The van der Waals surface area contributed by atoms with Crippen LogP contribution in [0.1, 0.15) is 65.4 Å². The van der Waals surface area contributed by atoms with Gasteiger partial charge in [0, 0.05) is 56.7 Å². The molecule has 0 amide bonds. The summed E-state index contributed by atoms with van der Waals surface area (Å²) in [4.78, 5) is 12.1. The first kappa shape index (κ1) is 33.5. The first-order valence-corrected chi connectivity index (χ1v) is 16.0. The van der Waals surface area contributed by atoms with Crippen molar-refractivity contribution in [3.8, 4) is 23.0 Å². The van der Waals surface area contributed by atoms with Gasteiger partial charge in [-0.05, 0) is 64.0 Å². The summed E-state index contributed by atoms with van der Waals surface area (Å²) in [7, 11) is 3.80. The average molecular weight is 583 g/mol. The monoisotopic (exact) mass is 582 g/mol.